The average molecular weight is 458 g/mol. The van der Waals surface area contributed by atoms with Crippen LogP contribution in [0.3, 0.4) is 0 Å². The Morgan fingerprint density at radius 3 is 2.34 bits per heavy atom. The van der Waals surface area contributed by atoms with Crippen LogP contribution in [0.15, 0.2) is 41.2 Å². The van der Waals surface area contributed by atoms with Crippen molar-refractivity contribution in [2.24, 2.45) is 0 Å². The molecule has 1 aliphatic heterocycles. The summed E-state index contributed by atoms with van der Waals surface area (Å²) in [6.45, 7) is 4.40. The summed E-state index contributed by atoms with van der Waals surface area (Å²) in [5.41, 5.74) is 1.67. The van der Waals surface area contributed by atoms with E-state index in [1.807, 2.05) is 38.1 Å². The molecule has 1 aromatic carbocycles. The number of aromatic nitrogens is 1. The van der Waals surface area contributed by atoms with Gasteiger partial charge in [0.05, 0.1) is 10.8 Å². The molecule has 4 rings (SSSR count). The molecule has 0 spiro atoms. The number of sulfone groups is 1. The van der Waals surface area contributed by atoms with Gasteiger partial charge in [0.2, 0.25) is 0 Å². The molecular weight excluding hydrogens is 430 g/mol. The number of hydrogen-bond acceptors (Lipinski definition) is 5. The number of hydrogen-bond donors (Lipinski definition) is 1. The summed E-state index contributed by atoms with van der Waals surface area (Å²) < 4.78 is 24.6. The number of nitrogens with zero attached hydrogens (tertiary/aromatic N) is 2. The van der Waals surface area contributed by atoms with Crippen LogP contribution in [0.25, 0.3) is 0 Å². The molecule has 2 aliphatic rings. The van der Waals surface area contributed by atoms with E-state index in [1.54, 1.807) is 0 Å². The van der Waals surface area contributed by atoms with Crippen molar-refractivity contribution in [1.29, 1.82) is 0 Å². The zero-order valence-electron chi connectivity index (χ0n) is 18.4. The van der Waals surface area contributed by atoms with E-state index in [-0.39, 0.29) is 42.8 Å². The number of rotatable bonds is 6. The van der Waals surface area contributed by atoms with Crippen molar-refractivity contribution in [3.8, 4) is 0 Å². The van der Waals surface area contributed by atoms with Crippen molar-refractivity contribution in [2.45, 2.75) is 44.0 Å². The molecule has 1 N–H and O–H groups in total. The second kappa shape index (κ2) is 7.88. The lowest BCUT2D eigenvalue weighted by Gasteiger charge is -2.32. The molecule has 9 heteroatoms. The van der Waals surface area contributed by atoms with E-state index in [1.165, 1.54) is 27.9 Å². The summed E-state index contributed by atoms with van der Waals surface area (Å²) in [7, 11) is -3.27. The van der Waals surface area contributed by atoms with Gasteiger partial charge in [0.15, 0.2) is 9.84 Å². The minimum absolute atomic E-state index is 0.0243. The number of carbonyl (C=O) groups is 2. The van der Waals surface area contributed by atoms with E-state index in [0.717, 1.165) is 11.1 Å². The first kappa shape index (κ1) is 22.3. The number of carbonyl (C=O) groups excluding carboxylic acids is 2. The molecule has 0 saturated heterocycles. The van der Waals surface area contributed by atoms with Crippen LogP contribution in [-0.2, 0) is 16.4 Å². The van der Waals surface area contributed by atoms with Gasteiger partial charge in [-0.3, -0.25) is 14.4 Å². The van der Waals surface area contributed by atoms with Crippen molar-refractivity contribution < 1.29 is 18.0 Å². The predicted molar refractivity (Wildman–Crippen MR) is 120 cm³/mol. The summed E-state index contributed by atoms with van der Waals surface area (Å²) in [6, 6.07) is 10.3. The highest BCUT2D eigenvalue weighted by molar-refractivity contribution is 7.92. The van der Waals surface area contributed by atoms with E-state index in [9.17, 15) is 22.8 Å². The van der Waals surface area contributed by atoms with Gasteiger partial charge in [-0.15, -0.1) is 0 Å². The highest BCUT2D eigenvalue weighted by Crippen LogP contribution is 2.44. The molecule has 1 atom stereocenters. The quantitative estimate of drug-likeness (QED) is 0.711. The third kappa shape index (κ3) is 3.97. The van der Waals surface area contributed by atoms with Crippen molar-refractivity contribution in [3.05, 3.63) is 69.1 Å². The Labute approximate surface area is 187 Å². The van der Waals surface area contributed by atoms with Crippen LogP contribution in [0, 0.1) is 6.92 Å². The number of fused-ring (bicyclic) bond motifs is 1. The topological polar surface area (TPSA) is 106 Å². The average Bonchev–Trinajstić information content (AvgIpc) is 3.52. The van der Waals surface area contributed by atoms with E-state index < -0.39 is 26.1 Å². The lowest BCUT2D eigenvalue weighted by molar-refractivity contribution is 0.0695. The van der Waals surface area contributed by atoms with Crippen molar-refractivity contribution in [2.75, 3.05) is 19.3 Å². The minimum atomic E-state index is -3.27. The first-order valence-corrected chi connectivity index (χ1v) is 12.5. The zero-order chi connectivity index (χ0) is 23.3. The molecule has 0 unspecified atom stereocenters. The largest absolute Gasteiger partial charge is 0.345 e. The molecule has 2 amide bonds. The lowest BCUT2D eigenvalue weighted by Crippen LogP contribution is -2.49. The molecule has 2 aromatic rings. The van der Waals surface area contributed by atoms with Gasteiger partial charge in [-0.1, -0.05) is 29.8 Å². The van der Waals surface area contributed by atoms with Gasteiger partial charge in [0.1, 0.15) is 11.3 Å². The standard InChI is InChI=1S/C23H27N3O5S/c1-15-4-6-17(7-5-15)16(2)24-20(27)18-8-9-19-22(29)25(12-13-26(19)21(18)28)14-23(10-11-23)32(3,30)31/h4-9,16H,10-14H2,1-3H3,(H,24,27)/t16-/m1/s1. The van der Waals surface area contributed by atoms with Crippen LogP contribution in [0.1, 0.15) is 57.8 Å². The van der Waals surface area contributed by atoms with Crippen LogP contribution in [0.2, 0.25) is 0 Å². The first-order chi connectivity index (χ1) is 15.0. The first-order valence-electron chi connectivity index (χ1n) is 10.6. The number of pyridine rings is 1. The monoisotopic (exact) mass is 457 g/mol. The number of aryl methyl sites for hydroxylation is 1. The SMILES string of the molecule is Cc1ccc([C@@H](C)NC(=O)c2ccc3n(c2=O)CCN(CC2(S(C)(=O)=O)CC2)C3=O)cc1. The van der Waals surface area contributed by atoms with Crippen LogP contribution in [0.5, 0.6) is 0 Å². The van der Waals surface area contributed by atoms with Crippen LogP contribution in [-0.4, -0.2) is 53.8 Å². The molecule has 1 aromatic heterocycles. The van der Waals surface area contributed by atoms with Gasteiger partial charge in [0.25, 0.3) is 17.4 Å². The summed E-state index contributed by atoms with van der Waals surface area (Å²) in [5, 5.41) is 2.84. The highest BCUT2D eigenvalue weighted by Gasteiger charge is 2.54. The van der Waals surface area contributed by atoms with Crippen molar-refractivity contribution in [1.82, 2.24) is 14.8 Å². The zero-order valence-corrected chi connectivity index (χ0v) is 19.2. The molecule has 0 radical (unpaired) electrons. The highest BCUT2D eigenvalue weighted by atomic mass is 32.2. The third-order valence-electron chi connectivity index (χ3n) is 6.52. The maximum Gasteiger partial charge on any atom is 0.270 e. The van der Waals surface area contributed by atoms with Gasteiger partial charge >= 0.3 is 0 Å². The van der Waals surface area contributed by atoms with Gasteiger partial charge < -0.3 is 14.8 Å². The summed E-state index contributed by atoms with van der Waals surface area (Å²) in [5.74, 6) is -0.884. The van der Waals surface area contributed by atoms with Gasteiger partial charge in [-0.2, -0.15) is 0 Å². The summed E-state index contributed by atoms with van der Waals surface area (Å²) in [6.07, 6.45) is 2.29. The Kier molecular flexibility index (Phi) is 5.48. The maximum atomic E-state index is 13.0. The molecule has 32 heavy (non-hydrogen) atoms. The molecule has 2 heterocycles. The van der Waals surface area contributed by atoms with E-state index in [4.69, 9.17) is 0 Å². The van der Waals surface area contributed by atoms with Gasteiger partial charge in [0, 0.05) is 25.9 Å². The van der Waals surface area contributed by atoms with Crippen LogP contribution >= 0.6 is 0 Å². The molecule has 170 valence electrons. The summed E-state index contributed by atoms with van der Waals surface area (Å²) in [4.78, 5) is 40.2. The normalized spacial score (nSPS) is 18.1. The van der Waals surface area contributed by atoms with Crippen molar-refractivity contribution in [3.63, 3.8) is 0 Å². The Morgan fingerprint density at radius 1 is 1.09 bits per heavy atom. The van der Waals surface area contributed by atoms with Gasteiger partial charge in [-0.05, 0) is 44.4 Å². The predicted octanol–water partition coefficient (Wildman–Crippen LogP) is 1.68. The minimum Gasteiger partial charge on any atom is -0.345 e. The van der Waals surface area contributed by atoms with Crippen LogP contribution < -0.4 is 10.9 Å². The number of nitrogens with one attached hydrogen (secondary N) is 1. The molecule has 0 bridgehead atoms. The Hall–Kier alpha value is -2.94. The van der Waals surface area contributed by atoms with Crippen molar-refractivity contribution >= 4 is 21.7 Å². The third-order valence-corrected chi connectivity index (χ3v) is 8.63. The number of amides is 2. The molecule has 8 nitrogen and oxygen atoms in total. The Morgan fingerprint density at radius 2 is 1.75 bits per heavy atom. The van der Waals surface area contributed by atoms with Gasteiger partial charge in [-0.25, -0.2) is 8.42 Å². The Balaban J connectivity index is 1.52. The second-order valence-electron chi connectivity index (χ2n) is 8.88. The van der Waals surface area contributed by atoms with Crippen LogP contribution in [0.4, 0.5) is 0 Å². The fourth-order valence-electron chi connectivity index (χ4n) is 4.14. The second-order valence-corrected chi connectivity index (χ2v) is 11.3. The fourth-order valence-corrected chi connectivity index (χ4v) is 5.38. The molecular formula is C23H27N3O5S. The molecule has 1 aliphatic carbocycles. The lowest BCUT2D eigenvalue weighted by atomic mass is 10.1. The fraction of sp³-hybridized carbons (Fsp3) is 0.435. The van der Waals surface area contributed by atoms with E-state index in [0.29, 0.717) is 12.8 Å². The number of benzene rings is 1. The molecule has 1 saturated carbocycles. The smallest absolute Gasteiger partial charge is 0.270 e. The molecule has 1 fully saturated rings. The van der Waals surface area contributed by atoms with E-state index >= 15 is 0 Å². The Bertz CT molecular complexity index is 1240. The summed E-state index contributed by atoms with van der Waals surface area (Å²) >= 11 is 0. The maximum absolute atomic E-state index is 13.0. The van der Waals surface area contributed by atoms with E-state index in [2.05, 4.69) is 5.32 Å².